The highest BCUT2D eigenvalue weighted by Gasteiger charge is 2.46. The van der Waals surface area contributed by atoms with Crippen molar-refractivity contribution < 1.29 is 78.5 Å². The average molecular weight is 1390 g/mol. The lowest BCUT2D eigenvalue weighted by molar-refractivity contribution is -0.151. The molecule has 0 spiro atoms. The summed E-state index contributed by atoms with van der Waals surface area (Å²) in [7, 11) is 0. The maximum atomic E-state index is 12.0. The smallest absolute Gasteiger partial charge is 0.305 e. The highest BCUT2D eigenvalue weighted by Crippen LogP contribution is 2.35. The van der Waals surface area contributed by atoms with Gasteiger partial charge in [-0.05, 0) is 105 Å². The Morgan fingerprint density at radius 2 is 0.684 bits per heavy atom. The zero-order chi connectivity index (χ0) is 73.0. The lowest BCUT2D eigenvalue weighted by Gasteiger charge is -2.48. The second-order valence-corrected chi connectivity index (χ2v) is 27.7. The minimum atomic E-state index is -0.747. The Kier molecular flexibility index (Phi) is 51.1. The molecule has 98 heavy (non-hydrogen) atoms. The minimum Gasteiger partial charge on any atom is -0.481 e. The molecule has 8 atom stereocenters. The molecule has 4 aliphatic heterocycles. The van der Waals surface area contributed by atoms with Crippen LogP contribution in [-0.4, -0.2) is 185 Å². The summed E-state index contributed by atoms with van der Waals surface area (Å²) in [6.07, 6.45) is 48.1. The van der Waals surface area contributed by atoms with Crippen molar-refractivity contribution in [2.45, 2.75) is 360 Å². The quantitative estimate of drug-likeness (QED) is 0.0143. The lowest BCUT2D eigenvalue weighted by atomic mass is 9.84. The van der Waals surface area contributed by atoms with E-state index in [-0.39, 0.29) is 71.6 Å². The molecule has 4 saturated heterocycles. The Balaban J connectivity index is 0.000000654. The van der Waals surface area contributed by atoms with Gasteiger partial charge in [0.05, 0.1) is 86.5 Å². The van der Waals surface area contributed by atoms with Crippen LogP contribution >= 0.6 is 0 Å². The van der Waals surface area contributed by atoms with E-state index in [4.69, 9.17) is 19.7 Å². The molecule has 4 heterocycles. The van der Waals surface area contributed by atoms with E-state index in [1.54, 1.807) is 0 Å². The standard InChI is InChI=1S/C21H37NO4.C20H35NO4.C19H33NO4.C18H31NO4/c1-4-6-9-12-18(23)14-15-21(3)17-19(24)22(21)16-11-8-7-10-13-20(25)26-5-2;1-3-5-8-11-18(22)14-13-17-16-19(23)21(17)15-10-7-6-9-12-20(24)25-4-2;1-3-4-7-10-16(21)12-13-19(2)15-17(22)20(19)14-9-6-5-8-11-18(23)24;1-2-3-6-9-16(20)12-11-15-14-17(21)19(15)13-8-5-4-7-10-18(22)23/h14-15,18,23H,4-13,16-17H2,1-3H3;13-14,17-18,22H,3-12,15-16H2,1-2H3;12-13,16,21H,3-11,14-15H2,1-2H3,(H,23,24);11-12,15-16,20H,2-10,13-14H2,1H3,(H,22,23)/b15-14+;14-13+;13-12+;12-11+/t18-,21?;17?,18-;16-,19?;15?,16-/m0000/s1. The number of carboxylic acid groups (broad SMARTS) is 2. The Bertz CT molecular complexity index is 2350. The van der Waals surface area contributed by atoms with Crippen molar-refractivity contribution in [1.29, 1.82) is 0 Å². The molecule has 6 N–H and O–H groups in total. The maximum absolute atomic E-state index is 12.0. The average Bonchev–Trinajstić information content (AvgIpc) is 0.782. The van der Waals surface area contributed by atoms with Gasteiger partial charge < -0.3 is 59.7 Å². The number of hydrogen-bond donors (Lipinski definition) is 6. The largest absolute Gasteiger partial charge is 0.481 e. The first-order valence-corrected chi connectivity index (χ1v) is 38.4. The summed E-state index contributed by atoms with van der Waals surface area (Å²) in [6.45, 7) is 20.1. The van der Waals surface area contributed by atoms with Gasteiger partial charge in [-0.2, -0.15) is 0 Å². The molecule has 4 unspecified atom stereocenters. The van der Waals surface area contributed by atoms with Crippen LogP contribution in [0.25, 0.3) is 0 Å². The number of β-lactam (4-membered cyclic amide) rings is 4. The van der Waals surface area contributed by atoms with Gasteiger partial charge in [-0.3, -0.25) is 38.4 Å². The van der Waals surface area contributed by atoms with Crippen LogP contribution in [0, 0.1) is 0 Å². The number of aliphatic hydroxyl groups is 4. The van der Waals surface area contributed by atoms with Crippen molar-refractivity contribution in [2.75, 3.05) is 39.4 Å². The third-order valence-corrected chi connectivity index (χ3v) is 18.7. The van der Waals surface area contributed by atoms with Crippen LogP contribution in [0.5, 0.6) is 0 Å². The highest BCUT2D eigenvalue weighted by molar-refractivity contribution is 5.86. The van der Waals surface area contributed by atoms with Crippen molar-refractivity contribution in [3.63, 3.8) is 0 Å². The van der Waals surface area contributed by atoms with E-state index >= 15 is 0 Å². The SMILES string of the molecule is CCCCC[C@H](O)/C=C/C1(C)CC(=O)N1CCCCCCC(=O)O.CCCCC[C@H](O)/C=C/C1(C)CC(=O)N1CCCCCCC(=O)OCC.CCCCC[C@H](O)/C=C/C1CC(=O)N1CCCCCCC(=O)O.CCCCC[C@H](O)/C=C/C1CC(=O)N1CCCCCCC(=O)OCC. The molecule has 4 rings (SSSR count). The lowest BCUT2D eigenvalue weighted by Crippen LogP contribution is -2.60. The minimum absolute atomic E-state index is 0.122. The highest BCUT2D eigenvalue weighted by atomic mass is 16.5. The summed E-state index contributed by atoms with van der Waals surface area (Å²) >= 11 is 0. The number of rotatable bonds is 54. The molecule has 0 aliphatic carbocycles. The summed E-state index contributed by atoms with van der Waals surface area (Å²) in [5, 5.41) is 57.0. The zero-order valence-corrected chi connectivity index (χ0v) is 62.2. The van der Waals surface area contributed by atoms with Crippen LogP contribution in [0.4, 0.5) is 0 Å². The van der Waals surface area contributed by atoms with E-state index in [9.17, 15) is 58.8 Å². The number of hydrogen-bond acceptors (Lipinski definition) is 14. The molecular formula is C78H136N4O16. The Hall–Kier alpha value is -5.44. The fraction of sp³-hybridized carbons (Fsp3) is 0.795. The predicted molar refractivity (Wildman–Crippen MR) is 388 cm³/mol. The summed E-state index contributed by atoms with van der Waals surface area (Å²) in [5.74, 6) is -1.03. The van der Waals surface area contributed by atoms with Crippen molar-refractivity contribution in [3.05, 3.63) is 48.6 Å². The summed E-state index contributed by atoms with van der Waals surface area (Å²) in [6, 6.07) is 0.273. The molecule has 4 aliphatic rings. The van der Waals surface area contributed by atoms with Crippen LogP contribution in [0.2, 0.25) is 0 Å². The number of carboxylic acids is 2. The number of nitrogens with zero attached hydrogens (tertiary/aromatic N) is 4. The predicted octanol–water partition coefficient (Wildman–Crippen LogP) is 14.2. The second-order valence-electron chi connectivity index (χ2n) is 27.7. The fourth-order valence-corrected chi connectivity index (χ4v) is 12.3. The van der Waals surface area contributed by atoms with Crippen LogP contribution in [0.1, 0.15) is 312 Å². The number of unbranched alkanes of at least 4 members (excludes halogenated alkanes) is 20. The first kappa shape index (κ1) is 90.6. The number of amides is 4. The molecule has 20 nitrogen and oxygen atoms in total. The fourth-order valence-electron chi connectivity index (χ4n) is 12.3. The second kappa shape index (κ2) is 55.3. The number of aliphatic hydroxyl groups excluding tert-OH is 4. The normalized spacial score (nSPS) is 20.2. The molecular weight excluding hydrogens is 1250 g/mol. The Labute approximate surface area is 590 Å². The van der Waals surface area contributed by atoms with Gasteiger partial charge in [0.15, 0.2) is 0 Å². The molecule has 4 amide bonds. The van der Waals surface area contributed by atoms with Gasteiger partial charge in [-0.15, -0.1) is 0 Å². The molecule has 20 heteroatoms. The third-order valence-electron chi connectivity index (χ3n) is 18.7. The topological polar surface area (TPSA) is 289 Å². The number of carbonyl (C=O) groups is 8. The zero-order valence-electron chi connectivity index (χ0n) is 62.2. The van der Waals surface area contributed by atoms with Gasteiger partial charge in [0.25, 0.3) is 0 Å². The number of carbonyl (C=O) groups excluding carboxylic acids is 6. The number of esters is 2. The van der Waals surface area contributed by atoms with E-state index in [0.29, 0.717) is 71.1 Å². The first-order chi connectivity index (χ1) is 46.9. The van der Waals surface area contributed by atoms with E-state index in [2.05, 4.69) is 34.6 Å². The van der Waals surface area contributed by atoms with Crippen LogP contribution in [-0.2, 0) is 47.8 Å². The van der Waals surface area contributed by atoms with Gasteiger partial charge in [-0.1, -0.05) is 205 Å². The van der Waals surface area contributed by atoms with Gasteiger partial charge in [0.2, 0.25) is 23.6 Å². The number of aliphatic carboxylic acids is 2. The van der Waals surface area contributed by atoms with Crippen molar-refractivity contribution in [3.8, 4) is 0 Å². The monoisotopic (exact) mass is 1380 g/mol. The summed E-state index contributed by atoms with van der Waals surface area (Å²) in [4.78, 5) is 98.1. The van der Waals surface area contributed by atoms with E-state index in [0.717, 1.165) is 212 Å². The van der Waals surface area contributed by atoms with E-state index in [1.165, 1.54) is 0 Å². The molecule has 0 radical (unpaired) electrons. The number of likely N-dealkylation sites (tertiary alicyclic amines) is 4. The third kappa shape index (κ3) is 41.3. The maximum Gasteiger partial charge on any atom is 0.305 e. The Morgan fingerprint density at radius 1 is 0.398 bits per heavy atom. The van der Waals surface area contributed by atoms with E-state index < -0.39 is 36.4 Å². The molecule has 0 bridgehead atoms. The van der Waals surface area contributed by atoms with Crippen LogP contribution in [0.15, 0.2) is 48.6 Å². The Morgan fingerprint density at radius 3 is 0.959 bits per heavy atom. The van der Waals surface area contributed by atoms with Crippen molar-refractivity contribution in [1.82, 2.24) is 19.6 Å². The summed E-state index contributed by atoms with van der Waals surface area (Å²) in [5.41, 5.74) is -0.530. The molecule has 564 valence electrons. The molecule has 0 saturated carbocycles. The van der Waals surface area contributed by atoms with Gasteiger partial charge in [0.1, 0.15) is 0 Å². The molecule has 4 fully saturated rings. The van der Waals surface area contributed by atoms with Crippen LogP contribution in [0.3, 0.4) is 0 Å². The molecule has 0 aromatic carbocycles. The van der Waals surface area contributed by atoms with Crippen molar-refractivity contribution in [2.24, 2.45) is 0 Å². The number of ether oxygens (including phenoxy) is 2. The molecule has 0 aromatic rings. The van der Waals surface area contributed by atoms with E-state index in [1.807, 2.05) is 89.0 Å². The van der Waals surface area contributed by atoms with Crippen molar-refractivity contribution >= 4 is 47.5 Å². The summed E-state index contributed by atoms with van der Waals surface area (Å²) < 4.78 is 9.81. The van der Waals surface area contributed by atoms with Gasteiger partial charge >= 0.3 is 23.9 Å². The molecule has 0 aromatic heterocycles. The van der Waals surface area contributed by atoms with Crippen LogP contribution < -0.4 is 0 Å². The van der Waals surface area contributed by atoms with Gasteiger partial charge in [-0.25, -0.2) is 0 Å². The van der Waals surface area contributed by atoms with Gasteiger partial charge in [0, 0.05) is 51.9 Å². The first-order valence-electron chi connectivity index (χ1n) is 38.4.